The molecule has 0 saturated carbocycles. The standard InChI is InChI=1S/C21H23N5O3S2/c1-2-26-19-8-7-15(31(27,28)25-9-11-29-12-10-25)13-18(19)22-20(26)14-30-21-23-16-5-3-4-6-17(16)24-21/h3-8,13H,2,9-12,14H2,1H3,(H,23,24). The van der Waals surface area contributed by atoms with Gasteiger partial charge in [0.05, 0.1) is 45.9 Å². The lowest BCUT2D eigenvalue weighted by molar-refractivity contribution is 0.0730. The number of hydrogen-bond acceptors (Lipinski definition) is 6. The summed E-state index contributed by atoms with van der Waals surface area (Å²) in [6.45, 7) is 4.42. The maximum atomic E-state index is 13.0. The molecule has 1 aliphatic heterocycles. The molecule has 0 unspecified atom stereocenters. The zero-order valence-electron chi connectivity index (χ0n) is 17.1. The van der Waals surface area contributed by atoms with Crippen molar-refractivity contribution in [1.82, 2.24) is 23.8 Å². The van der Waals surface area contributed by atoms with Crippen LogP contribution in [0.5, 0.6) is 0 Å². The number of para-hydroxylation sites is 2. The quantitative estimate of drug-likeness (QED) is 0.447. The highest BCUT2D eigenvalue weighted by molar-refractivity contribution is 7.98. The molecule has 31 heavy (non-hydrogen) atoms. The van der Waals surface area contributed by atoms with Gasteiger partial charge in [-0.15, -0.1) is 0 Å². The molecule has 1 N–H and O–H groups in total. The van der Waals surface area contributed by atoms with Gasteiger partial charge >= 0.3 is 0 Å². The number of nitrogens with zero attached hydrogens (tertiary/aromatic N) is 4. The second-order valence-corrected chi connectivity index (χ2v) is 10.2. The van der Waals surface area contributed by atoms with E-state index in [4.69, 9.17) is 9.72 Å². The van der Waals surface area contributed by atoms with Crippen LogP contribution in [-0.2, 0) is 27.1 Å². The maximum Gasteiger partial charge on any atom is 0.243 e. The fourth-order valence-electron chi connectivity index (χ4n) is 3.85. The molecule has 0 spiro atoms. The number of aromatic nitrogens is 4. The predicted molar refractivity (Wildman–Crippen MR) is 121 cm³/mol. The number of fused-ring (bicyclic) bond motifs is 2. The van der Waals surface area contributed by atoms with Gasteiger partial charge in [0.1, 0.15) is 5.82 Å². The van der Waals surface area contributed by atoms with E-state index in [1.54, 1.807) is 23.9 Å². The lowest BCUT2D eigenvalue weighted by Gasteiger charge is -2.26. The van der Waals surface area contributed by atoms with Crippen molar-refractivity contribution in [3.05, 3.63) is 48.3 Å². The molecular formula is C21H23N5O3S2. The van der Waals surface area contributed by atoms with Crippen LogP contribution in [0, 0.1) is 0 Å². The minimum absolute atomic E-state index is 0.277. The Labute approximate surface area is 184 Å². The van der Waals surface area contributed by atoms with Crippen molar-refractivity contribution in [3.8, 4) is 0 Å². The average Bonchev–Trinajstić information content (AvgIpc) is 3.38. The normalized spacial score (nSPS) is 15.8. The summed E-state index contributed by atoms with van der Waals surface area (Å²) in [6, 6.07) is 13.1. The molecule has 10 heteroatoms. The third-order valence-corrected chi connectivity index (χ3v) is 8.19. The van der Waals surface area contributed by atoms with E-state index in [1.807, 2.05) is 30.3 Å². The van der Waals surface area contributed by atoms with E-state index in [1.165, 1.54) is 4.31 Å². The number of benzene rings is 2. The predicted octanol–water partition coefficient (Wildman–Crippen LogP) is 3.25. The third-order valence-electron chi connectivity index (χ3n) is 5.43. The van der Waals surface area contributed by atoms with Crippen molar-refractivity contribution >= 4 is 43.9 Å². The molecular weight excluding hydrogens is 434 g/mol. The van der Waals surface area contributed by atoms with Gasteiger partial charge in [-0.25, -0.2) is 18.4 Å². The van der Waals surface area contributed by atoms with Crippen LogP contribution in [0.15, 0.2) is 52.5 Å². The van der Waals surface area contributed by atoms with E-state index in [2.05, 4.69) is 21.5 Å². The Morgan fingerprint density at radius 2 is 1.90 bits per heavy atom. The summed E-state index contributed by atoms with van der Waals surface area (Å²) in [4.78, 5) is 13.0. The topological polar surface area (TPSA) is 93.1 Å². The van der Waals surface area contributed by atoms with Gasteiger partial charge in [-0.1, -0.05) is 23.9 Å². The van der Waals surface area contributed by atoms with E-state index < -0.39 is 10.0 Å². The summed E-state index contributed by atoms with van der Waals surface area (Å²) < 4.78 is 34.9. The first-order valence-electron chi connectivity index (χ1n) is 10.2. The van der Waals surface area contributed by atoms with Crippen molar-refractivity contribution in [2.45, 2.75) is 29.3 Å². The van der Waals surface area contributed by atoms with E-state index in [0.29, 0.717) is 37.6 Å². The summed E-state index contributed by atoms with van der Waals surface area (Å²) in [5.74, 6) is 1.53. The molecule has 0 amide bonds. The van der Waals surface area contributed by atoms with Crippen molar-refractivity contribution in [3.63, 3.8) is 0 Å². The molecule has 2 aromatic carbocycles. The summed E-state index contributed by atoms with van der Waals surface area (Å²) in [5.41, 5.74) is 3.57. The highest BCUT2D eigenvalue weighted by atomic mass is 32.2. The van der Waals surface area contributed by atoms with Gasteiger partial charge in [0.25, 0.3) is 0 Å². The van der Waals surface area contributed by atoms with Gasteiger partial charge in [-0.05, 0) is 37.3 Å². The van der Waals surface area contributed by atoms with Crippen LogP contribution < -0.4 is 0 Å². The van der Waals surface area contributed by atoms with E-state index in [9.17, 15) is 8.42 Å². The Hall–Kier alpha value is -2.40. The van der Waals surface area contributed by atoms with Gasteiger partial charge < -0.3 is 14.3 Å². The monoisotopic (exact) mass is 457 g/mol. The van der Waals surface area contributed by atoms with E-state index >= 15 is 0 Å². The number of imidazole rings is 2. The Morgan fingerprint density at radius 1 is 1.10 bits per heavy atom. The van der Waals surface area contributed by atoms with Crippen LogP contribution in [0.3, 0.4) is 0 Å². The molecule has 1 aliphatic rings. The van der Waals surface area contributed by atoms with E-state index in [0.717, 1.165) is 34.1 Å². The molecule has 8 nitrogen and oxygen atoms in total. The number of aromatic amines is 1. The molecule has 1 fully saturated rings. The zero-order valence-corrected chi connectivity index (χ0v) is 18.7. The molecule has 0 bridgehead atoms. The lowest BCUT2D eigenvalue weighted by atomic mass is 10.3. The van der Waals surface area contributed by atoms with Crippen molar-refractivity contribution in [2.24, 2.45) is 0 Å². The fraction of sp³-hybridized carbons (Fsp3) is 0.333. The molecule has 3 heterocycles. The van der Waals surface area contributed by atoms with Gasteiger partial charge in [0.15, 0.2) is 5.16 Å². The van der Waals surface area contributed by atoms with Crippen LogP contribution in [0.25, 0.3) is 22.1 Å². The SMILES string of the molecule is CCn1c(CSc2nc3ccccc3[nH]2)nc2cc(S(=O)(=O)N3CCOCC3)ccc21. The largest absolute Gasteiger partial charge is 0.379 e. The number of hydrogen-bond donors (Lipinski definition) is 1. The highest BCUT2D eigenvalue weighted by Gasteiger charge is 2.27. The van der Waals surface area contributed by atoms with E-state index in [-0.39, 0.29) is 4.90 Å². The van der Waals surface area contributed by atoms with Crippen molar-refractivity contribution in [2.75, 3.05) is 26.3 Å². The third kappa shape index (κ3) is 3.84. The number of aryl methyl sites for hydroxylation is 1. The molecule has 0 aliphatic carbocycles. The number of nitrogens with one attached hydrogen (secondary N) is 1. The van der Waals surface area contributed by atoms with Gasteiger partial charge in [0.2, 0.25) is 10.0 Å². The van der Waals surface area contributed by atoms with Crippen LogP contribution in [0.2, 0.25) is 0 Å². The molecule has 0 atom stereocenters. The number of morpholine rings is 1. The number of rotatable bonds is 6. The summed E-state index contributed by atoms with van der Waals surface area (Å²) in [5, 5.41) is 0.839. The van der Waals surface area contributed by atoms with Crippen LogP contribution in [-0.4, -0.2) is 58.5 Å². The minimum atomic E-state index is -3.55. The first-order chi connectivity index (χ1) is 15.1. The number of sulfonamides is 1. The maximum absolute atomic E-state index is 13.0. The van der Waals surface area contributed by atoms with Crippen molar-refractivity contribution < 1.29 is 13.2 Å². The van der Waals surface area contributed by atoms with Crippen LogP contribution in [0.1, 0.15) is 12.7 Å². The second kappa shape index (κ2) is 8.27. The van der Waals surface area contributed by atoms with Crippen molar-refractivity contribution in [1.29, 1.82) is 0 Å². The fourth-order valence-corrected chi connectivity index (χ4v) is 6.11. The van der Waals surface area contributed by atoms with Gasteiger partial charge in [-0.3, -0.25) is 0 Å². The van der Waals surface area contributed by atoms with Gasteiger partial charge in [0, 0.05) is 19.6 Å². The molecule has 4 aromatic rings. The molecule has 0 radical (unpaired) electrons. The minimum Gasteiger partial charge on any atom is -0.379 e. The summed E-state index contributed by atoms with van der Waals surface area (Å²) in [7, 11) is -3.55. The Balaban J connectivity index is 1.43. The average molecular weight is 458 g/mol. The first kappa shape index (κ1) is 20.5. The number of thioether (sulfide) groups is 1. The summed E-state index contributed by atoms with van der Waals surface area (Å²) >= 11 is 1.59. The van der Waals surface area contributed by atoms with Crippen LogP contribution in [0.4, 0.5) is 0 Å². The second-order valence-electron chi connectivity index (χ2n) is 7.29. The lowest BCUT2D eigenvalue weighted by Crippen LogP contribution is -2.40. The van der Waals surface area contributed by atoms with Gasteiger partial charge in [-0.2, -0.15) is 4.31 Å². The molecule has 2 aromatic heterocycles. The number of H-pyrrole nitrogens is 1. The molecule has 162 valence electrons. The Morgan fingerprint density at radius 3 is 2.68 bits per heavy atom. The number of ether oxygens (including phenoxy) is 1. The Kier molecular flexibility index (Phi) is 5.47. The molecule has 1 saturated heterocycles. The van der Waals surface area contributed by atoms with Crippen LogP contribution >= 0.6 is 11.8 Å². The summed E-state index contributed by atoms with van der Waals surface area (Å²) in [6.07, 6.45) is 0. The Bertz CT molecular complexity index is 1310. The molecule has 5 rings (SSSR count). The highest BCUT2D eigenvalue weighted by Crippen LogP contribution is 2.27. The zero-order chi connectivity index (χ0) is 21.4. The smallest absolute Gasteiger partial charge is 0.243 e. The first-order valence-corrected chi connectivity index (χ1v) is 12.6.